The van der Waals surface area contributed by atoms with Gasteiger partial charge < -0.3 is 4.74 Å². The zero-order valence-corrected chi connectivity index (χ0v) is 8.55. The van der Waals surface area contributed by atoms with Crippen LogP contribution >= 0.6 is 0 Å². The van der Waals surface area contributed by atoms with Crippen molar-refractivity contribution < 1.29 is 13.5 Å². The minimum atomic E-state index is -2.76. The van der Waals surface area contributed by atoms with E-state index >= 15 is 0 Å². The Labute approximate surface area is 82.7 Å². The number of hydrogen-bond donors (Lipinski definition) is 0. The van der Waals surface area contributed by atoms with Crippen LogP contribution in [0.3, 0.4) is 0 Å². The van der Waals surface area contributed by atoms with Gasteiger partial charge in [0.25, 0.3) is 0 Å². The third kappa shape index (κ3) is 2.98. The van der Waals surface area contributed by atoms with Crippen LogP contribution in [0.4, 0.5) is 8.78 Å². The summed E-state index contributed by atoms with van der Waals surface area (Å²) in [5, 5.41) is 0. The predicted octanol–water partition coefficient (Wildman–Crippen LogP) is 3.59. The molecular weight excluding hydrogens is 186 g/mol. The second-order valence-electron chi connectivity index (χ2n) is 4.16. The molecule has 0 atom stereocenters. The van der Waals surface area contributed by atoms with E-state index in [1.165, 1.54) is 6.07 Å². The van der Waals surface area contributed by atoms with Gasteiger partial charge in [-0.25, -0.2) is 0 Å². The summed E-state index contributed by atoms with van der Waals surface area (Å²) >= 11 is 0. The van der Waals surface area contributed by atoms with E-state index in [0.29, 0.717) is 0 Å². The average Bonchev–Trinajstić information content (AvgIpc) is 2.01. The smallest absolute Gasteiger partial charge is 0.387 e. The number of ether oxygens (including phenoxy) is 1. The van der Waals surface area contributed by atoms with Crippen LogP contribution in [-0.4, -0.2) is 6.61 Å². The molecule has 0 amide bonds. The molecular formula is C11H14F2O. The summed E-state index contributed by atoms with van der Waals surface area (Å²) in [4.78, 5) is 0. The van der Waals surface area contributed by atoms with Crippen LogP contribution in [0.25, 0.3) is 0 Å². The summed E-state index contributed by atoms with van der Waals surface area (Å²) in [6.07, 6.45) is 0. The van der Waals surface area contributed by atoms with Crippen molar-refractivity contribution in [3.8, 4) is 5.75 Å². The van der Waals surface area contributed by atoms with Crippen molar-refractivity contribution in [2.75, 3.05) is 0 Å². The van der Waals surface area contributed by atoms with Gasteiger partial charge in [0.15, 0.2) is 0 Å². The van der Waals surface area contributed by atoms with Gasteiger partial charge in [0.2, 0.25) is 0 Å². The molecule has 0 heterocycles. The third-order valence-electron chi connectivity index (χ3n) is 1.93. The molecule has 1 aromatic carbocycles. The highest BCUT2D eigenvalue weighted by atomic mass is 19.3. The third-order valence-corrected chi connectivity index (χ3v) is 1.93. The summed E-state index contributed by atoms with van der Waals surface area (Å²) < 4.78 is 28.2. The normalized spacial score (nSPS) is 11.9. The molecule has 0 saturated carbocycles. The predicted molar refractivity (Wildman–Crippen MR) is 51.8 cm³/mol. The van der Waals surface area contributed by atoms with Crippen LogP contribution in [0.15, 0.2) is 24.3 Å². The number of rotatable bonds is 2. The zero-order valence-electron chi connectivity index (χ0n) is 8.55. The Morgan fingerprint density at radius 1 is 1.21 bits per heavy atom. The van der Waals surface area contributed by atoms with Gasteiger partial charge in [0.05, 0.1) is 0 Å². The first kappa shape index (κ1) is 11.0. The molecule has 0 aliphatic rings. The van der Waals surface area contributed by atoms with Crippen molar-refractivity contribution in [1.82, 2.24) is 0 Å². The Hall–Kier alpha value is -1.12. The highest BCUT2D eigenvalue weighted by Crippen LogP contribution is 2.26. The Balaban J connectivity index is 2.90. The first-order valence-corrected chi connectivity index (χ1v) is 4.45. The molecule has 1 aromatic rings. The zero-order chi connectivity index (χ0) is 10.8. The molecule has 1 nitrogen and oxygen atoms in total. The lowest BCUT2D eigenvalue weighted by atomic mass is 9.87. The average molecular weight is 200 g/mol. The van der Waals surface area contributed by atoms with Gasteiger partial charge in [-0.15, -0.1) is 0 Å². The minimum absolute atomic E-state index is 0.0541. The molecule has 0 fully saturated rings. The topological polar surface area (TPSA) is 9.23 Å². The van der Waals surface area contributed by atoms with Crippen LogP contribution in [-0.2, 0) is 5.41 Å². The fraction of sp³-hybridized carbons (Fsp3) is 0.455. The van der Waals surface area contributed by atoms with Crippen LogP contribution in [0.5, 0.6) is 5.75 Å². The lowest BCUT2D eigenvalue weighted by Gasteiger charge is -2.19. The summed E-state index contributed by atoms with van der Waals surface area (Å²) in [5.74, 6) is 0.215. The largest absolute Gasteiger partial charge is 0.435 e. The van der Waals surface area contributed by atoms with Gasteiger partial charge in [-0.3, -0.25) is 0 Å². The maximum Gasteiger partial charge on any atom is 0.387 e. The van der Waals surface area contributed by atoms with Crippen molar-refractivity contribution in [1.29, 1.82) is 0 Å². The molecule has 3 heteroatoms. The standard InChI is InChI=1S/C11H14F2O/c1-11(2,3)8-5-4-6-9(7-8)14-10(12)13/h4-7,10H,1-3H3. The molecule has 14 heavy (non-hydrogen) atoms. The van der Waals surface area contributed by atoms with Crippen molar-refractivity contribution in [3.05, 3.63) is 29.8 Å². The van der Waals surface area contributed by atoms with Gasteiger partial charge in [-0.05, 0) is 23.1 Å². The lowest BCUT2D eigenvalue weighted by molar-refractivity contribution is -0.0499. The molecule has 1 rings (SSSR count). The van der Waals surface area contributed by atoms with Crippen molar-refractivity contribution in [3.63, 3.8) is 0 Å². The molecule has 78 valence electrons. The van der Waals surface area contributed by atoms with Crippen molar-refractivity contribution >= 4 is 0 Å². The number of benzene rings is 1. The summed E-state index contributed by atoms with van der Waals surface area (Å²) in [6, 6.07) is 6.80. The van der Waals surface area contributed by atoms with Gasteiger partial charge in [-0.2, -0.15) is 8.78 Å². The summed E-state index contributed by atoms with van der Waals surface area (Å²) in [7, 11) is 0. The van der Waals surface area contributed by atoms with E-state index in [2.05, 4.69) is 4.74 Å². The van der Waals surface area contributed by atoms with E-state index in [-0.39, 0.29) is 11.2 Å². The molecule has 0 bridgehead atoms. The van der Waals surface area contributed by atoms with Crippen LogP contribution < -0.4 is 4.74 Å². The second-order valence-corrected chi connectivity index (χ2v) is 4.16. The van der Waals surface area contributed by atoms with Crippen LogP contribution in [0, 0.1) is 0 Å². The van der Waals surface area contributed by atoms with Gasteiger partial charge in [0.1, 0.15) is 5.75 Å². The van der Waals surface area contributed by atoms with Gasteiger partial charge >= 0.3 is 6.61 Å². The Bertz CT molecular complexity index is 302. The van der Waals surface area contributed by atoms with Gasteiger partial charge in [0, 0.05) is 0 Å². The van der Waals surface area contributed by atoms with Crippen LogP contribution in [0.2, 0.25) is 0 Å². The van der Waals surface area contributed by atoms with Crippen LogP contribution in [0.1, 0.15) is 26.3 Å². The molecule has 0 radical (unpaired) electrons. The minimum Gasteiger partial charge on any atom is -0.435 e. The Morgan fingerprint density at radius 2 is 1.86 bits per heavy atom. The Kier molecular flexibility index (Phi) is 3.09. The van der Waals surface area contributed by atoms with E-state index in [1.807, 2.05) is 26.8 Å². The molecule has 0 aliphatic heterocycles. The monoisotopic (exact) mass is 200 g/mol. The quantitative estimate of drug-likeness (QED) is 0.709. The summed E-state index contributed by atoms with van der Waals surface area (Å²) in [6.45, 7) is 3.31. The molecule has 0 N–H and O–H groups in total. The maximum absolute atomic E-state index is 11.9. The second kappa shape index (κ2) is 3.95. The summed E-state index contributed by atoms with van der Waals surface area (Å²) in [5.41, 5.74) is 0.928. The first-order chi connectivity index (χ1) is 6.39. The van der Waals surface area contributed by atoms with Gasteiger partial charge in [-0.1, -0.05) is 32.9 Å². The SMILES string of the molecule is CC(C)(C)c1cccc(OC(F)F)c1. The lowest BCUT2D eigenvalue weighted by Crippen LogP contribution is -2.11. The van der Waals surface area contributed by atoms with E-state index in [0.717, 1.165) is 5.56 Å². The Morgan fingerprint density at radius 3 is 2.36 bits per heavy atom. The van der Waals surface area contributed by atoms with E-state index in [9.17, 15) is 8.78 Å². The molecule has 0 aromatic heterocycles. The fourth-order valence-corrected chi connectivity index (χ4v) is 1.14. The number of hydrogen-bond acceptors (Lipinski definition) is 1. The first-order valence-electron chi connectivity index (χ1n) is 4.45. The van der Waals surface area contributed by atoms with E-state index < -0.39 is 6.61 Å². The van der Waals surface area contributed by atoms with Crippen molar-refractivity contribution in [2.45, 2.75) is 32.8 Å². The molecule has 0 saturated heterocycles. The molecule has 0 spiro atoms. The van der Waals surface area contributed by atoms with E-state index in [4.69, 9.17) is 0 Å². The number of halogens is 2. The van der Waals surface area contributed by atoms with E-state index in [1.54, 1.807) is 12.1 Å². The molecule has 0 aliphatic carbocycles. The highest BCUT2D eigenvalue weighted by molar-refractivity contribution is 5.32. The maximum atomic E-state index is 11.9. The number of alkyl halides is 2. The highest BCUT2D eigenvalue weighted by Gasteiger charge is 2.14. The fourth-order valence-electron chi connectivity index (χ4n) is 1.14. The molecule has 0 unspecified atom stereocenters. The van der Waals surface area contributed by atoms with Crippen molar-refractivity contribution in [2.24, 2.45) is 0 Å².